The molecule has 6 heteroatoms. The second-order valence-electron chi connectivity index (χ2n) is 6.34. The number of hydrogen-bond donors (Lipinski definition) is 2. The quantitative estimate of drug-likeness (QED) is 0.890. The van der Waals surface area contributed by atoms with Crippen molar-refractivity contribution in [2.45, 2.75) is 26.8 Å². The molecule has 2 heterocycles. The third kappa shape index (κ3) is 4.33. The van der Waals surface area contributed by atoms with E-state index in [4.69, 9.17) is 9.15 Å². The van der Waals surface area contributed by atoms with Gasteiger partial charge in [0.1, 0.15) is 11.5 Å². The number of anilines is 2. The second-order valence-corrected chi connectivity index (χ2v) is 6.34. The van der Waals surface area contributed by atoms with Crippen LogP contribution in [0.15, 0.2) is 34.7 Å². The lowest BCUT2D eigenvalue weighted by Crippen LogP contribution is -2.36. The highest BCUT2D eigenvalue weighted by molar-refractivity contribution is 5.90. The Labute approximate surface area is 148 Å². The van der Waals surface area contributed by atoms with Crippen LogP contribution in [0.4, 0.5) is 16.2 Å². The number of carbonyl (C=O) groups is 1. The van der Waals surface area contributed by atoms with Crippen molar-refractivity contribution in [2.75, 3.05) is 36.5 Å². The van der Waals surface area contributed by atoms with E-state index in [1.807, 2.05) is 45.0 Å². The predicted molar refractivity (Wildman–Crippen MR) is 98.2 cm³/mol. The van der Waals surface area contributed by atoms with Crippen molar-refractivity contribution >= 4 is 17.4 Å². The lowest BCUT2D eigenvalue weighted by molar-refractivity contribution is 0.122. The summed E-state index contributed by atoms with van der Waals surface area (Å²) in [5.74, 6) is 1.68. The third-order valence-electron chi connectivity index (χ3n) is 4.37. The first-order chi connectivity index (χ1) is 12.0. The summed E-state index contributed by atoms with van der Waals surface area (Å²) >= 11 is 0. The zero-order valence-electron chi connectivity index (χ0n) is 15.0. The Bertz CT molecular complexity index is 735. The molecular formula is C19H25N3O3. The molecule has 1 aromatic heterocycles. The molecule has 0 spiro atoms. The number of hydrogen-bond acceptors (Lipinski definition) is 4. The number of furan rings is 1. The standard InChI is InChI=1S/C19H25N3O3/c1-13-11-18(15(3)25-13)14(2)20-19(23)21-16-5-4-6-17(12-16)22-7-9-24-10-8-22/h4-6,11-12,14H,7-10H2,1-3H3,(H2,20,21,23)/t14-/m1/s1. The van der Waals surface area contributed by atoms with Gasteiger partial charge in [-0.05, 0) is 45.0 Å². The van der Waals surface area contributed by atoms with Crippen LogP contribution < -0.4 is 15.5 Å². The van der Waals surface area contributed by atoms with E-state index in [2.05, 4.69) is 21.6 Å². The number of amides is 2. The first-order valence-corrected chi connectivity index (χ1v) is 8.60. The third-order valence-corrected chi connectivity index (χ3v) is 4.37. The largest absolute Gasteiger partial charge is 0.466 e. The van der Waals surface area contributed by atoms with Gasteiger partial charge < -0.3 is 24.7 Å². The van der Waals surface area contributed by atoms with Gasteiger partial charge in [-0.25, -0.2) is 4.79 Å². The van der Waals surface area contributed by atoms with Crippen molar-refractivity contribution in [3.05, 3.63) is 47.4 Å². The van der Waals surface area contributed by atoms with Gasteiger partial charge in [-0.3, -0.25) is 0 Å². The Morgan fingerprint density at radius 1 is 1.20 bits per heavy atom. The van der Waals surface area contributed by atoms with E-state index in [0.29, 0.717) is 0 Å². The maximum atomic E-state index is 12.3. The lowest BCUT2D eigenvalue weighted by atomic mass is 10.1. The molecule has 3 rings (SSSR count). The summed E-state index contributed by atoms with van der Waals surface area (Å²) in [6.07, 6.45) is 0. The fraction of sp³-hybridized carbons (Fsp3) is 0.421. The van der Waals surface area contributed by atoms with Crippen LogP contribution in [0, 0.1) is 13.8 Å². The SMILES string of the molecule is Cc1cc([C@@H](C)NC(=O)Nc2cccc(N3CCOCC3)c2)c(C)o1. The van der Waals surface area contributed by atoms with Gasteiger partial charge in [0.25, 0.3) is 0 Å². The predicted octanol–water partition coefficient (Wildman–Crippen LogP) is 3.62. The number of urea groups is 1. The molecule has 1 aliphatic rings. The van der Waals surface area contributed by atoms with Crippen LogP contribution in [-0.2, 0) is 4.74 Å². The van der Waals surface area contributed by atoms with Gasteiger partial charge in [-0.15, -0.1) is 0 Å². The molecule has 0 unspecified atom stereocenters. The number of nitrogens with zero attached hydrogens (tertiary/aromatic N) is 1. The number of carbonyl (C=O) groups excluding carboxylic acids is 1. The number of ether oxygens (including phenoxy) is 1. The summed E-state index contributed by atoms with van der Waals surface area (Å²) in [6.45, 7) is 8.96. The van der Waals surface area contributed by atoms with Gasteiger partial charge in [-0.2, -0.15) is 0 Å². The van der Waals surface area contributed by atoms with Crippen LogP contribution >= 0.6 is 0 Å². The smallest absolute Gasteiger partial charge is 0.319 e. The zero-order valence-corrected chi connectivity index (χ0v) is 15.0. The maximum absolute atomic E-state index is 12.3. The van der Waals surface area contributed by atoms with E-state index in [1.165, 1.54) is 0 Å². The van der Waals surface area contributed by atoms with Gasteiger partial charge in [-0.1, -0.05) is 6.07 Å². The molecule has 2 N–H and O–H groups in total. The van der Waals surface area contributed by atoms with Crippen molar-refractivity contribution in [1.29, 1.82) is 0 Å². The number of aryl methyl sites for hydroxylation is 2. The van der Waals surface area contributed by atoms with Crippen molar-refractivity contribution < 1.29 is 13.9 Å². The first kappa shape index (κ1) is 17.4. The number of morpholine rings is 1. The van der Waals surface area contributed by atoms with Crippen LogP contribution in [0.2, 0.25) is 0 Å². The van der Waals surface area contributed by atoms with Gasteiger partial charge in [0, 0.05) is 30.0 Å². The molecule has 0 bridgehead atoms. The molecule has 2 amide bonds. The Morgan fingerprint density at radius 2 is 1.96 bits per heavy atom. The second kappa shape index (κ2) is 7.61. The average Bonchev–Trinajstić information content (AvgIpc) is 2.94. The van der Waals surface area contributed by atoms with E-state index >= 15 is 0 Å². The van der Waals surface area contributed by atoms with Crippen LogP contribution in [0.25, 0.3) is 0 Å². The molecule has 1 aromatic carbocycles. The summed E-state index contributed by atoms with van der Waals surface area (Å²) in [6, 6.07) is 9.48. The minimum absolute atomic E-state index is 0.125. The summed E-state index contributed by atoms with van der Waals surface area (Å²) in [4.78, 5) is 14.6. The molecule has 25 heavy (non-hydrogen) atoms. The Morgan fingerprint density at radius 3 is 2.64 bits per heavy atom. The van der Waals surface area contributed by atoms with Crippen molar-refractivity contribution in [1.82, 2.24) is 5.32 Å². The van der Waals surface area contributed by atoms with E-state index in [9.17, 15) is 4.79 Å². The topological polar surface area (TPSA) is 66.7 Å². The molecule has 1 saturated heterocycles. The minimum Gasteiger partial charge on any atom is -0.466 e. The summed E-state index contributed by atoms with van der Waals surface area (Å²) in [5.41, 5.74) is 2.86. The summed E-state index contributed by atoms with van der Waals surface area (Å²) in [5, 5.41) is 5.86. The Kier molecular flexibility index (Phi) is 5.28. The molecule has 6 nitrogen and oxygen atoms in total. The highest BCUT2D eigenvalue weighted by Crippen LogP contribution is 2.22. The molecule has 0 aliphatic carbocycles. The fourth-order valence-electron chi connectivity index (χ4n) is 3.12. The highest BCUT2D eigenvalue weighted by atomic mass is 16.5. The van der Waals surface area contributed by atoms with E-state index < -0.39 is 0 Å². The monoisotopic (exact) mass is 343 g/mol. The molecule has 1 atom stereocenters. The van der Waals surface area contributed by atoms with E-state index in [-0.39, 0.29) is 12.1 Å². The molecule has 1 fully saturated rings. The van der Waals surface area contributed by atoms with Gasteiger partial charge >= 0.3 is 6.03 Å². The van der Waals surface area contributed by atoms with Crippen LogP contribution in [-0.4, -0.2) is 32.3 Å². The fourth-order valence-corrected chi connectivity index (χ4v) is 3.12. The zero-order chi connectivity index (χ0) is 17.8. The molecule has 0 saturated carbocycles. The Hall–Kier alpha value is -2.47. The molecule has 1 aliphatic heterocycles. The molecule has 134 valence electrons. The van der Waals surface area contributed by atoms with Crippen molar-refractivity contribution in [3.63, 3.8) is 0 Å². The van der Waals surface area contributed by atoms with Crippen LogP contribution in [0.3, 0.4) is 0 Å². The minimum atomic E-state index is -0.232. The van der Waals surface area contributed by atoms with E-state index in [0.717, 1.165) is 54.8 Å². The maximum Gasteiger partial charge on any atom is 0.319 e. The van der Waals surface area contributed by atoms with Crippen molar-refractivity contribution in [2.24, 2.45) is 0 Å². The highest BCUT2D eigenvalue weighted by Gasteiger charge is 2.16. The average molecular weight is 343 g/mol. The van der Waals surface area contributed by atoms with E-state index in [1.54, 1.807) is 0 Å². The van der Waals surface area contributed by atoms with Crippen molar-refractivity contribution in [3.8, 4) is 0 Å². The molecule has 2 aromatic rings. The van der Waals surface area contributed by atoms with Gasteiger partial charge in [0.15, 0.2) is 0 Å². The van der Waals surface area contributed by atoms with Gasteiger partial charge in [0.2, 0.25) is 0 Å². The van der Waals surface area contributed by atoms with Gasteiger partial charge in [0.05, 0.1) is 19.3 Å². The number of benzene rings is 1. The normalized spacial score (nSPS) is 15.7. The summed E-state index contributed by atoms with van der Waals surface area (Å²) < 4.78 is 10.9. The van der Waals surface area contributed by atoms with Crippen LogP contribution in [0.5, 0.6) is 0 Å². The molecular weight excluding hydrogens is 318 g/mol. The number of nitrogens with one attached hydrogen (secondary N) is 2. The molecule has 0 radical (unpaired) electrons. The van der Waals surface area contributed by atoms with Crippen LogP contribution in [0.1, 0.15) is 30.0 Å². The Balaban J connectivity index is 1.61. The summed E-state index contributed by atoms with van der Waals surface area (Å²) in [7, 11) is 0. The lowest BCUT2D eigenvalue weighted by Gasteiger charge is -2.29. The first-order valence-electron chi connectivity index (χ1n) is 8.60. The number of rotatable bonds is 4.